The molecule has 0 bridgehead atoms. The minimum absolute atomic E-state index is 0.103. The van der Waals surface area contributed by atoms with E-state index in [4.69, 9.17) is 37.0 Å². The van der Waals surface area contributed by atoms with Crippen molar-refractivity contribution in [3.63, 3.8) is 0 Å². The zero-order valence-corrected chi connectivity index (χ0v) is 56.7. The largest absolute Gasteiger partial charge is 0.472 e. The molecule has 17 nitrogen and oxygen atoms in total. The van der Waals surface area contributed by atoms with Crippen molar-refractivity contribution in [3.05, 3.63) is 0 Å². The molecular weight excluding hydrogens is 1130 g/mol. The van der Waals surface area contributed by atoms with E-state index in [1.807, 2.05) is 0 Å². The highest BCUT2D eigenvalue weighted by molar-refractivity contribution is 7.47. The van der Waals surface area contributed by atoms with Gasteiger partial charge in [0.1, 0.15) is 19.3 Å². The number of aliphatic hydroxyl groups excluding tert-OH is 1. The van der Waals surface area contributed by atoms with E-state index < -0.39 is 97.5 Å². The summed E-state index contributed by atoms with van der Waals surface area (Å²) < 4.78 is 68.0. The quantitative estimate of drug-likeness (QED) is 0.0222. The van der Waals surface area contributed by atoms with Crippen LogP contribution < -0.4 is 0 Å². The summed E-state index contributed by atoms with van der Waals surface area (Å²) >= 11 is 0. The number of hydrogen-bond acceptors (Lipinski definition) is 15. The van der Waals surface area contributed by atoms with E-state index in [9.17, 15) is 43.2 Å². The summed E-state index contributed by atoms with van der Waals surface area (Å²) in [6.07, 6.45) is 41.8. The van der Waals surface area contributed by atoms with Crippen LogP contribution in [0.15, 0.2) is 0 Å². The molecule has 19 heteroatoms. The predicted octanol–water partition coefficient (Wildman–Crippen LogP) is 18.4. The zero-order valence-electron chi connectivity index (χ0n) is 54.9. The monoisotopic (exact) mass is 1250 g/mol. The highest BCUT2D eigenvalue weighted by atomic mass is 31.2. The highest BCUT2D eigenvalue weighted by Gasteiger charge is 2.30. The normalized spacial score (nSPS) is 14.2. The molecule has 0 radical (unpaired) electrons. The van der Waals surface area contributed by atoms with Crippen LogP contribution in [0.2, 0.25) is 0 Å². The van der Waals surface area contributed by atoms with Gasteiger partial charge in [0.25, 0.3) is 0 Å². The third-order valence-corrected chi connectivity index (χ3v) is 17.1. The Morgan fingerprint density at radius 1 is 0.318 bits per heavy atom. The number of aliphatic hydroxyl groups is 1. The summed E-state index contributed by atoms with van der Waals surface area (Å²) in [5.74, 6) is -0.653. The first-order valence-electron chi connectivity index (χ1n) is 34.5. The van der Waals surface area contributed by atoms with E-state index in [1.54, 1.807) is 0 Å². The van der Waals surface area contributed by atoms with Crippen LogP contribution in [0.5, 0.6) is 0 Å². The van der Waals surface area contributed by atoms with E-state index in [0.29, 0.717) is 31.6 Å². The molecule has 0 spiro atoms. The molecule has 3 N–H and O–H groups in total. The number of phosphoric ester groups is 2. The van der Waals surface area contributed by atoms with Gasteiger partial charge >= 0.3 is 39.5 Å². The average Bonchev–Trinajstić information content (AvgIpc) is 3.58. The van der Waals surface area contributed by atoms with Crippen LogP contribution in [-0.4, -0.2) is 96.7 Å². The lowest BCUT2D eigenvalue weighted by Crippen LogP contribution is -2.30. The Morgan fingerprint density at radius 3 is 0.800 bits per heavy atom. The van der Waals surface area contributed by atoms with E-state index in [0.717, 1.165) is 109 Å². The molecule has 0 rings (SSSR count). The van der Waals surface area contributed by atoms with Crippen LogP contribution in [0.25, 0.3) is 0 Å². The Hall–Kier alpha value is -1.94. The molecule has 0 fully saturated rings. The molecule has 0 amide bonds. The average molecular weight is 1260 g/mol. The fourth-order valence-corrected chi connectivity index (χ4v) is 11.5. The number of ether oxygens (including phenoxy) is 4. The van der Waals surface area contributed by atoms with Crippen molar-refractivity contribution in [1.29, 1.82) is 0 Å². The van der Waals surface area contributed by atoms with E-state index in [2.05, 4.69) is 41.5 Å². The van der Waals surface area contributed by atoms with Gasteiger partial charge in [-0.2, -0.15) is 0 Å². The molecule has 0 aromatic carbocycles. The fourth-order valence-electron chi connectivity index (χ4n) is 9.88. The van der Waals surface area contributed by atoms with Gasteiger partial charge in [-0.15, -0.1) is 0 Å². The van der Waals surface area contributed by atoms with E-state index >= 15 is 0 Å². The van der Waals surface area contributed by atoms with Crippen LogP contribution in [0.3, 0.4) is 0 Å². The van der Waals surface area contributed by atoms with Crippen molar-refractivity contribution >= 4 is 39.5 Å². The Balaban J connectivity index is 5.20. The summed E-state index contributed by atoms with van der Waals surface area (Å²) in [6.45, 7) is 9.43. The maximum atomic E-state index is 13.0. The molecule has 0 aliphatic rings. The molecule has 2 unspecified atom stereocenters. The second kappa shape index (κ2) is 58.4. The molecule has 0 aliphatic carbocycles. The van der Waals surface area contributed by atoms with Gasteiger partial charge in [0.15, 0.2) is 12.2 Å². The lowest BCUT2D eigenvalue weighted by atomic mass is 10.0. The first-order valence-corrected chi connectivity index (χ1v) is 37.5. The number of phosphoric acid groups is 2. The molecular formula is C66H128O17P2. The molecule has 0 heterocycles. The van der Waals surface area contributed by atoms with Gasteiger partial charge < -0.3 is 33.8 Å². The summed E-state index contributed by atoms with van der Waals surface area (Å²) in [4.78, 5) is 72.2. The van der Waals surface area contributed by atoms with Gasteiger partial charge in [0.05, 0.1) is 26.4 Å². The van der Waals surface area contributed by atoms with Crippen LogP contribution in [0, 0.1) is 11.8 Å². The molecule has 0 aromatic rings. The Labute approximate surface area is 517 Å². The summed E-state index contributed by atoms with van der Waals surface area (Å²) in [5, 5.41) is 10.5. The number of hydrogen-bond donors (Lipinski definition) is 3. The summed E-state index contributed by atoms with van der Waals surface area (Å²) in [5.41, 5.74) is 0. The number of unbranched alkanes of at least 4 members (excludes halogenated alkanes) is 35. The highest BCUT2D eigenvalue weighted by Crippen LogP contribution is 2.45. The minimum Gasteiger partial charge on any atom is -0.462 e. The minimum atomic E-state index is -4.95. The first kappa shape index (κ1) is 83.1. The number of esters is 4. The smallest absolute Gasteiger partial charge is 0.462 e. The van der Waals surface area contributed by atoms with E-state index in [1.165, 1.54) is 135 Å². The summed E-state index contributed by atoms with van der Waals surface area (Å²) in [6, 6.07) is 0. The lowest BCUT2D eigenvalue weighted by molar-refractivity contribution is -0.161. The van der Waals surface area contributed by atoms with Gasteiger partial charge in [0, 0.05) is 25.7 Å². The second-order valence-electron chi connectivity index (χ2n) is 24.8. The van der Waals surface area contributed by atoms with Crippen molar-refractivity contribution in [2.24, 2.45) is 11.8 Å². The Morgan fingerprint density at radius 2 is 0.541 bits per heavy atom. The lowest BCUT2D eigenvalue weighted by Gasteiger charge is -2.21. The van der Waals surface area contributed by atoms with E-state index in [-0.39, 0.29) is 25.7 Å². The first-order chi connectivity index (χ1) is 40.9. The zero-order chi connectivity index (χ0) is 62.9. The van der Waals surface area contributed by atoms with Gasteiger partial charge in [0.2, 0.25) is 0 Å². The molecule has 504 valence electrons. The Bertz CT molecular complexity index is 1670. The standard InChI is InChI=1S/C66H128O17P2/c1-7-9-11-13-15-16-17-22-25-31-37-43-49-64(69)77-55-62(82-65(70)50-44-38-32-26-23-20-18-19-21-24-29-34-40-46-58(3)4)57-81-85(74,75)79-53-60(67)52-78-84(72,73)80-56-61(54-76-63(68)48-42-36-28-14-12-10-8-2)83-66(71)51-45-39-33-27-30-35-41-47-59(5)6/h58-62,67H,7-57H2,1-6H3,(H,72,73)(H,74,75)/t60-,61+,62+/m0/s1. The third-order valence-electron chi connectivity index (χ3n) is 15.2. The molecule has 0 aromatic heterocycles. The molecule has 0 saturated carbocycles. The van der Waals surface area contributed by atoms with Gasteiger partial charge in [-0.05, 0) is 37.5 Å². The molecule has 5 atom stereocenters. The van der Waals surface area contributed by atoms with Crippen molar-refractivity contribution < 1.29 is 80.2 Å². The second-order valence-corrected chi connectivity index (χ2v) is 27.7. The maximum Gasteiger partial charge on any atom is 0.472 e. The molecule has 0 aliphatic heterocycles. The molecule has 85 heavy (non-hydrogen) atoms. The van der Waals surface area contributed by atoms with Gasteiger partial charge in [-0.1, -0.05) is 279 Å². The van der Waals surface area contributed by atoms with Crippen molar-refractivity contribution in [1.82, 2.24) is 0 Å². The van der Waals surface area contributed by atoms with Gasteiger partial charge in [-0.3, -0.25) is 37.3 Å². The Kier molecular flexibility index (Phi) is 57.1. The van der Waals surface area contributed by atoms with Crippen LogP contribution >= 0.6 is 15.6 Å². The maximum absolute atomic E-state index is 13.0. The van der Waals surface area contributed by atoms with Crippen molar-refractivity contribution in [2.75, 3.05) is 39.6 Å². The number of rotatable bonds is 65. The number of carbonyl (C=O) groups excluding carboxylic acids is 4. The van der Waals surface area contributed by atoms with Crippen molar-refractivity contribution in [2.45, 2.75) is 349 Å². The predicted molar refractivity (Wildman–Crippen MR) is 340 cm³/mol. The van der Waals surface area contributed by atoms with Crippen LogP contribution in [0.4, 0.5) is 0 Å². The summed E-state index contributed by atoms with van der Waals surface area (Å²) in [7, 11) is -9.89. The third kappa shape index (κ3) is 60.7. The van der Waals surface area contributed by atoms with Crippen LogP contribution in [0.1, 0.15) is 330 Å². The topological polar surface area (TPSA) is 237 Å². The molecule has 0 saturated heterocycles. The fraction of sp³-hybridized carbons (Fsp3) is 0.939. The number of carbonyl (C=O) groups is 4. The SMILES string of the molecule is CCCCCCCCCCCCCCC(=O)OC[C@H](COP(=O)(O)OC[C@@H](O)COP(=O)(O)OC[C@@H](COC(=O)CCCCCCCCC)OC(=O)CCCCCCCCCC(C)C)OC(=O)CCCCCCCCCCCCCCCC(C)C. The van der Waals surface area contributed by atoms with Crippen molar-refractivity contribution in [3.8, 4) is 0 Å². The van der Waals surface area contributed by atoms with Crippen LogP contribution in [-0.2, 0) is 65.4 Å². The van der Waals surface area contributed by atoms with Gasteiger partial charge in [-0.25, -0.2) is 9.13 Å².